The van der Waals surface area contributed by atoms with Gasteiger partial charge in [0.15, 0.2) is 0 Å². The number of nitrogens with zero attached hydrogens (tertiary/aromatic N) is 1. The molecule has 5 heteroatoms. The molecule has 0 saturated heterocycles. The fourth-order valence-corrected chi connectivity index (χ4v) is 1.22. The smallest absolute Gasteiger partial charge is 0.320 e. The second kappa shape index (κ2) is 11.0. The molecule has 0 unspecified atom stereocenters. The maximum absolute atomic E-state index is 11.4. The van der Waals surface area contributed by atoms with E-state index in [0.29, 0.717) is 13.0 Å². The van der Waals surface area contributed by atoms with Gasteiger partial charge in [0.05, 0.1) is 13.7 Å². The molecule has 0 aliphatic rings. The van der Waals surface area contributed by atoms with Gasteiger partial charge >= 0.3 is 5.97 Å². The lowest BCUT2D eigenvalue weighted by Gasteiger charge is -2.23. The van der Waals surface area contributed by atoms with Gasteiger partial charge in [-0.15, -0.1) is 0 Å². The minimum Gasteiger partial charge on any atom is -0.471 e. The topological polar surface area (TPSA) is 55.8 Å². The standard InChI is InChI=1S/C11H23NO2.C2H4O2/c1-6-8-12(7-2)9-10(13)14-11(3,4)5;1-4-2-3/h6-9H2,1-5H3;2H,1H3. The molecule has 0 rings (SSSR count). The first kappa shape index (κ1) is 19.2. The highest BCUT2D eigenvalue weighted by Crippen LogP contribution is 2.07. The quantitative estimate of drug-likeness (QED) is 0.539. The van der Waals surface area contributed by atoms with Crippen LogP contribution in [-0.4, -0.2) is 49.7 Å². The lowest BCUT2D eigenvalue weighted by atomic mass is 10.2. The van der Waals surface area contributed by atoms with Crippen LogP contribution in [0.15, 0.2) is 0 Å². The summed E-state index contributed by atoms with van der Waals surface area (Å²) in [7, 11) is 1.31. The lowest BCUT2D eigenvalue weighted by molar-refractivity contribution is -0.156. The Labute approximate surface area is 110 Å². The van der Waals surface area contributed by atoms with E-state index in [1.54, 1.807) is 0 Å². The number of likely N-dealkylation sites (N-methyl/N-ethyl adjacent to an activating group) is 1. The normalized spacial score (nSPS) is 10.4. The third-order valence-electron chi connectivity index (χ3n) is 1.86. The van der Waals surface area contributed by atoms with E-state index in [1.807, 2.05) is 20.8 Å². The van der Waals surface area contributed by atoms with Crippen LogP contribution in [0.2, 0.25) is 0 Å². The van der Waals surface area contributed by atoms with E-state index >= 15 is 0 Å². The summed E-state index contributed by atoms with van der Waals surface area (Å²) >= 11 is 0. The van der Waals surface area contributed by atoms with Gasteiger partial charge in [0.25, 0.3) is 6.47 Å². The van der Waals surface area contributed by atoms with Crippen molar-refractivity contribution in [3.05, 3.63) is 0 Å². The van der Waals surface area contributed by atoms with Gasteiger partial charge < -0.3 is 9.47 Å². The summed E-state index contributed by atoms with van der Waals surface area (Å²) in [5, 5.41) is 0. The zero-order valence-electron chi connectivity index (χ0n) is 12.5. The summed E-state index contributed by atoms with van der Waals surface area (Å²) in [6.07, 6.45) is 1.07. The van der Waals surface area contributed by atoms with E-state index in [-0.39, 0.29) is 11.6 Å². The van der Waals surface area contributed by atoms with E-state index in [4.69, 9.17) is 9.53 Å². The van der Waals surface area contributed by atoms with Gasteiger partial charge in [-0.25, -0.2) is 0 Å². The number of carbonyl (C=O) groups excluding carboxylic acids is 2. The molecule has 5 nitrogen and oxygen atoms in total. The zero-order valence-corrected chi connectivity index (χ0v) is 12.5. The average Bonchev–Trinajstić information content (AvgIpc) is 2.26. The predicted molar refractivity (Wildman–Crippen MR) is 71.3 cm³/mol. The fourth-order valence-electron chi connectivity index (χ4n) is 1.22. The predicted octanol–water partition coefficient (Wildman–Crippen LogP) is 1.85. The summed E-state index contributed by atoms with van der Waals surface area (Å²) in [6.45, 7) is 12.5. The molecule has 0 heterocycles. The zero-order chi connectivity index (χ0) is 14.6. The van der Waals surface area contributed by atoms with Crippen LogP contribution in [0.4, 0.5) is 0 Å². The monoisotopic (exact) mass is 261 g/mol. The first-order valence-electron chi connectivity index (χ1n) is 6.21. The number of ether oxygens (including phenoxy) is 2. The van der Waals surface area contributed by atoms with Gasteiger partial charge in [-0.05, 0) is 40.3 Å². The number of carbonyl (C=O) groups is 2. The Hall–Kier alpha value is -1.10. The summed E-state index contributed by atoms with van der Waals surface area (Å²) in [6, 6.07) is 0. The van der Waals surface area contributed by atoms with E-state index in [0.717, 1.165) is 19.5 Å². The van der Waals surface area contributed by atoms with Crippen molar-refractivity contribution < 1.29 is 19.1 Å². The first-order valence-corrected chi connectivity index (χ1v) is 6.21. The van der Waals surface area contributed by atoms with Crippen molar-refractivity contribution in [1.29, 1.82) is 0 Å². The second-order valence-corrected chi connectivity index (χ2v) is 4.79. The SMILES string of the molecule is CCCN(CC)CC(=O)OC(C)(C)C.COC=O. The number of methoxy groups -OCH3 is 1. The van der Waals surface area contributed by atoms with Crippen molar-refractivity contribution in [2.45, 2.75) is 46.6 Å². The third-order valence-corrected chi connectivity index (χ3v) is 1.86. The van der Waals surface area contributed by atoms with Crippen molar-refractivity contribution in [3.63, 3.8) is 0 Å². The second-order valence-electron chi connectivity index (χ2n) is 4.79. The van der Waals surface area contributed by atoms with Crippen LogP contribution in [0.25, 0.3) is 0 Å². The van der Waals surface area contributed by atoms with Crippen LogP contribution >= 0.6 is 0 Å². The Kier molecular flexibility index (Phi) is 11.8. The van der Waals surface area contributed by atoms with Crippen LogP contribution < -0.4 is 0 Å². The van der Waals surface area contributed by atoms with Gasteiger partial charge in [0.1, 0.15) is 5.60 Å². The van der Waals surface area contributed by atoms with Crippen molar-refractivity contribution in [2.75, 3.05) is 26.7 Å². The molecule has 0 atom stereocenters. The third kappa shape index (κ3) is 14.9. The lowest BCUT2D eigenvalue weighted by Crippen LogP contribution is -2.35. The molecule has 0 bridgehead atoms. The Balaban J connectivity index is 0. The molecular weight excluding hydrogens is 234 g/mol. The van der Waals surface area contributed by atoms with Crippen LogP contribution in [0.5, 0.6) is 0 Å². The Morgan fingerprint density at radius 2 is 1.78 bits per heavy atom. The maximum atomic E-state index is 11.4. The van der Waals surface area contributed by atoms with Crippen LogP contribution in [-0.2, 0) is 19.1 Å². The van der Waals surface area contributed by atoms with Crippen LogP contribution in [0, 0.1) is 0 Å². The molecule has 0 fully saturated rings. The highest BCUT2D eigenvalue weighted by Gasteiger charge is 2.17. The highest BCUT2D eigenvalue weighted by molar-refractivity contribution is 5.72. The average molecular weight is 261 g/mol. The Morgan fingerprint density at radius 3 is 2.06 bits per heavy atom. The van der Waals surface area contributed by atoms with Crippen molar-refractivity contribution >= 4 is 12.4 Å². The molecule has 0 amide bonds. The van der Waals surface area contributed by atoms with Gasteiger partial charge in [0.2, 0.25) is 0 Å². The fraction of sp³-hybridized carbons (Fsp3) is 0.846. The summed E-state index contributed by atoms with van der Waals surface area (Å²) in [4.78, 5) is 22.5. The van der Waals surface area contributed by atoms with Crippen molar-refractivity contribution in [2.24, 2.45) is 0 Å². The van der Waals surface area contributed by atoms with Crippen LogP contribution in [0.3, 0.4) is 0 Å². The van der Waals surface area contributed by atoms with Crippen molar-refractivity contribution in [1.82, 2.24) is 4.90 Å². The van der Waals surface area contributed by atoms with Gasteiger partial charge in [0, 0.05) is 0 Å². The number of esters is 1. The molecule has 108 valence electrons. The maximum Gasteiger partial charge on any atom is 0.320 e. The molecule has 18 heavy (non-hydrogen) atoms. The van der Waals surface area contributed by atoms with Gasteiger partial charge in [-0.2, -0.15) is 0 Å². The Bertz CT molecular complexity index is 224. The van der Waals surface area contributed by atoms with Gasteiger partial charge in [-0.3, -0.25) is 14.5 Å². The minimum absolute atomic E-state index is 0.132. The van der Waals surface area contributed by atoms with E-state index < -0.39 is 0 Å². The first-order chi connectivity index (χ1) is 8.30. The molecule has 0 spiro atoms. The highest BCUT2D eigenvalue weighted by atomic mass is 16.6. The molecule has 0 aliphatic carbocycles. The molecular formula is C13H27NO4. The van der Waals surface area contributed by atoms with E-state index in [9.17, 15) is 4.79 Å². The summed E-state index contributed by atoms with van der Waals surface area (Å²) in [5.74, 6) is -0.132. The van der Waals surface area contributed by atoms with Crippen LogP contribution in [0.1, 0.15) is 41.0 Å². The summed E-state index contributed by atoms with van der Waals surface area (Å²) in [5.41, 5.74) is -0.372. The molecule has 0 saturated carbocycles. The van der Waals surface area contributed by atoms with E-state index in [2.05, 4.69) is 23.5 Å². The van der Waals surface area contributed by atoms with E-state index in [1.165, 1.54) is 7.11 Å². The largest absolute Gasteiger partial charge is 0.471 e. The number of rotatable bonds is 6. The molecule has 0 aromatic carbocycles. The minimum atomic E-state index is -0.372. The molecule has 0 aromatic rings. The summed E-state index contributed by atoms with van der Waals surface area (Å²) < 4.78 is 9.10. The van der Waals surface area contributed by atoms with Crippen molar-refractivity contribution in [3.8, 4) is 0 Å². The number of hydrogen-bond donors (Lipinski definition) is 0. The Morgan fingerprint density at radius 1 is 1.28 bits per heavy atom. The molecule has 0 aliphatic heterocycles. The number of hydrogen-bond acceptors (Lipinski definition) is 5. The molecule has 0 N–H and O–H groups in total. The van der Waals surface area contributed by atoms with Gasteiger partial charge in [-0.1, -0.05) is 13.8 Å². The molecule has 0 aromatic heterocycles. The molecule has 0 radical (unpaired) electrons.